The van der Waals surface area contributed by atoms with Crippen LogP contribution in [0.3, 0.4) is 0 Å². The number of fused-ring (bicyclic) bond motifs is 1. The summed E-state index contributed by atoms with van der Waals surface area (Å²) in [6.07, 6.45) is 6.50. The van der Waals surface area contributed by atoms with Gasteiger partial charge in [-0.15, -0.1) is 0 Å². The first kappa shape index (κ1) is 22.8. The number of aliphatic hydroxyl groups is 1. The van der Waals surface area contributed by atoms with Crippen LogP contribution in [0.2, 0.25) is 0 Å². The molecule has 178 valence electrons. The first-order valence-corrected chi connectivity index (χ1v) is 12.3. The molecule has 0 radical (unpaired) electrons. The predicted molar refractivity (Wildman–Crippen MR) is 126 cm³/mol. The molecule has 2 aromatic heterocycles. The highest BCUT2D eigenvalue weighted by Gasteiger charge is 2.33. The predicted octanol–water partition coefficient (Wildman–Crippen LogP) is 3.46. The lowest BCUT2D eigenvalue weighted by molar-refractivity contribution is -0.153. The van der Waals surface area contributed by atoms with Crippen molar-refractivity contribution >= 4 is 38.6 Å². The summed E-state index contributed by atoms with van der Waals surface area (Å²) in [5.74, 6) is 0.0555. The molecule has 2 heterocycles. The number of nitrogens with zero attached hydrogens (tertiary/aromatic N) is 3. The number of benzene rings is 1. The van der Waals surface area contributed by atoms with Crippen LogP contribution in [-0.4, -0.2) is 50.2 Å². The third-order valence-corrected chi connectivity index (χ3v) is 7.21. The Bertz CT molecular complexity index is 1190. The van der Waals surface area contributed by atoms with Crippen molar-refractivity contribution in [2.45, 2.75) is 63.9 Å². The van der Waals surface area contributed by atoms with Gasteiger partial charge in [0.25, 0.3) is 0 Å². The average molecular weight is 483 g/mol. The Kier molecular flexibility index (Phi) is 6.53. The number of ether oxygens (including phenoxy) is 2. The molecule has 0 saturated heterocycles. The number of aliphatic hydroxyl groups excluding tert-OH is 1. The van der Waals surface area contributed by atoms with E-state index in [1.807, 2.05) is 18.2 Å². The number of thiazole rings is 1. The fourth-order valence-corrected chi connectivity index (χ4v) is 5.27. The molecule has 34 heavy (non-hydrogen) atoms. The maximum absolute atomic E-state index is 12.2. The van der Waals surface area contributed by atoms with E-state index in [0.29, 0.717) is 23.8 Å². The number of carbonyl (C=O) groups is 2. The molecule has 2 aliphatic rings. The fraction of sp³-hybridized carbons (Fsp3) is 0.458. The third-order valence-electron chi connectivity index (χ3n) is 6.28. The molecule has 2 atom stereocenters. The molecular formula is C24H26N4O5S. The fourth-order valence-electron chi connectivity index (χ4n) is 4.36. The van der Waals surface area contributed by atoms with Crippen LogP contribution >= 0.6 is 11.3 Å². The maximum Gasteiger partial charge on any atom is 0.302 e. The maximum atomic E-state index is 12.2. The van der Waals surface area contributed by atoms with Gasteiger partial charge < -0.3 is 19.9 Å². The van der Waals surface area contributed by atoms with Gasteiger partial charge in [0.15, 0.2) is 11.0 Å². The van der Waals surface area contributed by atoms with Gasteiger partial charge in [-0.05, 0) is 49.8 Å². The Morgan fingerprint density at radius 3 is 2.65 bits per heavy atom. The number of amides is 1. The largest absolute Gasteiger partial charge is 0.460 e. The molecule has 0 unspecified atom stereocenters. The zero-order chi connectivity index (χ0) is 23.7. The highest BCUT2D eigenvalue weighted by molar-refractivity contribution is 7.22. The third kappa shape index (κ3) is 5.08. The van der Waals surface area contributed by atoms with Crippen LogP contribution in [0.15, 0.2) is 30.6 Å². The first-order valence-electron chi connectivity index (χ1n) is 11.4. The summed E-state index contributed by atoms with van der Waals surface area (Å²) in [6, 6.07) is 5.87. The van der Waals surface area contributed by atoms with Crippen molar-refractivity contribution in [3.8, 4) is 11.1 Å². The summed E-state index contributed by atoms with van der Waals surface area (Å²) in [4.78, 5) is 36.8. The Morgan fingerprint density at radius 2 is 1.91 bits per heavy atom. The van der Waals surface area contributed by atoms with Gasteiger partial charge in [-0.25, -0.2) is 15.0 Å². The van der Waals surface area contributed by atoms with Crippen LogP contribution in [0.4, 0.5) is 5.13 Å². The van der Waals surface area contributed by atoms with Gasteiger partial charge in [-0.1, -0.05) is 17.4 Å². The number of hydrogen-bond donors (Lipinski definition) is 2. The molecule has 3 aromatic rings. The number of nitrogens with one attached hydrogen (secondary N) is 1. The molecule has 2 fully saturated rings. The van der Waals surface area contributed by atoms with Crippen molar-refractivity contribution < 1.29 is 24.2 Å². The summed E-state index contributed by atoms with van der Waals surface area (Å²) in [5.41, 5.74) is 2.63. The monoisotopic (exact) mass is 482 g/mol. The van der Waals surface area contributed by atoms with Crippen molar-refractivity contribution in [1.29, 1.82) is 0 Å². The average Bonchev–Trinajstić information content (AvgIpc) is 3.40. The van der Waals surface area contributed by atoms with Crippen LogP contribution in [0, 0.1) is 5.92 Å². The van der Waals surface area contributed by atoms with Crippen LogP contribution in [0.25, 0.3) is 21.3 Å². The van der Waals surface area contributed by atoms with E-state index in [0.717, 1.165) is 40.6 Å². The number of anilines is 1. The van der Waals surface area contributed by atoms with Crippen LogP contribution in [0.1, 0.15) is 44.9 Å². The molecule has 2 aliphatic carbocycles. The summed E-state index contributed by atoms with van der Waals surface area (Å²) in [5, 5.41) is 12.8. The second-order valence-electron chi connectivity index (χ2n) is 8.83. The molecule has 9 nitrogen and oxygen atoms in total. The minimum atomic E-state index is -0.366. The van der Waals surface area contributed by atoms with E-state index in [2.05, 4.69) is 20.3 Å². The van der Waals surface area contributed by atoms with E-state index in [4.69, 9.17) is 9.47 Å². The lowest BCUT2D eigenvalue weighted by Gasteiger charge is -2.29. The van der Waals surface area contributed by atoms with E-state index in [1.54, 1.807) is 12.4 Å². The number of hydrogen-bond acceptors (Lipinski definition) is 9. The number of rotatable bonds is 7. The van der Waals surface area contributed by atoms with Crippen LogP contribution < -0.4 is 5.32 Å². The van der Waals surface area contributed by atoms with Gasteiger partial charge in [-0.2, -0.15) is 0 Å². The van der Waals surface area contributed by atoms with Crippen molar-refractivity contribution in [3.63, 3.8) is 0 Å². The van der Waals surface area contributed by atoms with Crippen molar-refractivity contribution in [1.82, 2.24) is 15.0 Å². The molecule has 5 rings (SSSR count). The molecule has 0 aliphatic heterocycles. The van der Waals surface area contributed by atoms with Crippen molar-refractivity contribution in [3.05, 3.63) is 36.4 Å². The molecule has 0 spiro atoms. The van der Waals surface area contributed by atoms with Gasteiger partial charge in [0.2, 0.25) is 5.91 Å². The van der Waals surface area contributed by atoms with E-state index in [1.165, 1.54) is 18.3 Å². The summed E-state index contributed by atoms with van der Waals surface area (Å²) in [7, 11) is 0. The SMILES string of the molecule is CC(=O)O[C@H]1CCC[C@@H]1OCc1ncc(-c2ccc3nc(NC(=O)[C@H]4C[C@@H](O)C4)sc3c2)cn1. The molecule has 1 amide bonds. The van der Waals surface area contributed by atoms with Gasteiger partial charge in [0.05, 0.1) is 22.4 Å². The summed E-state index contributed by atoms with van der Waals surface area (Å²) >= 11 is 1.41. The van der Waals surface area contributed by atoms with E-state index in [9.17, 15) is 14.7 Å². The molecule has 0 bridgehead atoms. The Hall–Kier alpha value is -2.95. The van der Waals surface area contributed by atoms with Crippen LogP contribution in [-0.2, 0) is 25.7 Å². The lowest BCUT2D eigenvalue weighted by Crippen LogP contribution is -2.37. The van der Waals surface area contributed by atoms with E-state index < -0.39 is 0 Å². The first-order chi connectivity index (χ1) is 16.4. The quantitative estimate of drug-likeness (QED) is 0.491. The Balaban J connectivity index is 1.21. The Labute approximate surface area is 200 Å². The van der Waals surface area contributed by atoms with Crippen molar-refractivity contribution in [2.75, 3.05) is 5.32 Å². The minimum Gasteiger partial charge on any atom is -0.460 e. The molecule has 1 aromatic carbocycles. The second-order valence-corrected chi connectivity index (χ2v) is 9.86. The number of carbonyl (C=O) groups excluding carboxylic acids is 2. The highest BCUT2D eigenvalue weighted by Crippen LogP contribution is 2.33. The van der Waals surface area contributed by atoms with E-state index in [-0.39, 0.29) is 42.7 Å². The molecule has 10 heteroatoms. The minimum absolute atomic E-state index is 0.0902. The van der Waals surface area contributed by atoms with E-state index >= 15 is 0 Å². The van der Waals surface area contributed by atoms with Crippen molar-refractivity contribution in [2.24, 2.45) is 5.92 Å². The van der Waals surface area contributed by atoms with Gasteiger partial charge in [0.1, 0.15) is 12.7 Å². The zero-order valence-electron chi connectivity index (χ0n) is 18.8. The molecular weight excluding hydrogens is 456 g/mol. The topological polar surface area (TPSA) is 124 Å². The normalized spacial score (nSPS) is 24.1. The number of aromatic nitrogens is 3. The number of esters is 1. The van der Waals surface area contributed by atoms with Gasteiger partial charge >= 0.3 is 5.97 Å². The summed E-state index contributed by atoms with van der Waals surface area (Å²) in [6.45, 7) is 1.68. The highest BCUT2D eigenvalue weighted by atomic mass is 32.1. The molecule has 2 saturated carbocycles. The molecule has 2 N–H and O–H groups in total. The van der Waals surface area contributed by atoms with Crippen LogP contribution in [0.5, 0.6) is 0 Å². The zero-order valence-corrected chi connectivity index (χ0v) is 19.6. The Morgan fingerprint density at radius 1 is 1.15 bits per heavy atom. The second kappa shape index (κ2) is 9.73. The smallest absolute Gasteiger partial charge is 0.302 e. The van der Waals surface area contributed by atoms with Gasteiger partial charge in [-0.3, -0.25) is 9.59 Å². The summed E-state index contributed by atoms with van der Waals surface area (Å²) < 4.78 is 12.2. The van der Waals surface area contributed by atoms with Gasteiger partial charge in [0, 0.05) is 30.8 Å². The standard InChI is InChI=1S/C24H26N4O5S/c1-13(29)33-20-4-2-3-19(20)32-12-22-25-10-16(11-26-22)14-5-6-18-21(9-14)34-24(27-18)28-23(31)15-7-17(30)8-15/h5-6,9-11,15,17,19-20,30H,2-4,7-8,12H2,1H3,(H,27,28,31)/t15-,17+,19-,20-/m0/s1. The lowest BCUT2D eigenvalue weighted by atomic mass is 9.82.